The van der Waals surface area contributed by atoms with Crippen LogP contribution in [0.4, 0.5) is 33.8 Å². The Kier molecular flexibility index (Phi) is 19.8. The Hall–Kier alpha value is -18.2. The van der Waals surface area contributed by atoms with Crippen molar-refractivity contribution in [2.24, 2.45) is 0 Å². The molecule has 0 amide bonds. The van der Waals surface area contributed by atoms with Crippen LogP contribution in [0, 0.1) is 0 Å². The molecule has 654 valence electrons. The maximum Gasteiger partial charge on any atom is 0.235 e. The van der Waals surface area contributed by atoms with E-state index in [1.54, 1.807) is 11.3 Å². The van der Waals surface area contributed by atoms with E-state index in [0.29, 0.717) is 11.9 Å². The second-order valence-electron chi connectivity index (χ2n) is 35.8. The summed E-state index contributed by atoms with van der Waals surface area (Å²) in [6.07, 6.45) is 13.4. The summed E-state index contributed by atoms with van der Waals surface area (Å²) in [4.78, 5) is 41.7. The fourth-order valence-electron chi connectivity index (χ4n) is 21.0. The standard InChI is InChI=1S/C52H34N6.C37H23N3S.C37H27N3/c1-5-17-35(18-6-1)42-33-43(36-19-7-2-8-20-36)54-51(53-42)57-47-28-16-14-26-41(47)49-48(57)32-31-40-30-29-39-25-13-15-27-46(39)58(50(40)49)52-55-44(37-21-9-3-10-22-37)34-45(56-52)38-23-11-4-12-24-38;1-3-13-27-24(10-1)12-9-18-31(27)39-32-17-7-4-14-28(32)35-33(39)23-22-26-21-20-25-11-2-6-16-30(25)40(36(26)35)37-38-29-15-5-8-19-34(29)41-37;1-37(2)28-16-8-6-12-24(28)20-21-25-22-23-32-33(34(25)37)27-15-7-11-19-31(27)40(32)36-35(26-13-4-3-5-14-26)38-29-17-9-10-18-30(29)39-36/h1-34H;1-23H;3-23H,1-2H3. The third-order valence-electron chi connectivity index (χ3n) is 27.3. The summed E-state index contributed by atoms with van der Waals surface area (Å²) in [7, 11) is 0. The molecule has 0 atom stereocenters. The number of hydrogen-bond acceptors (Lipinski definition) is 10. The summed E-state index contributed by atoms with van der Waals surface area (Å²) < 4.78 is 8.15. The molecular formula is C126H84N12S. The van der Waals surface area contributed by atoms with Crippen molar-refractivity contribution in [1.29, 1.82) is 0 Å². The number of nitrogens with zero attached hydrogens (tertiary/aromatic N) is 12. The molecule has 0 N–H and O–H groups in total. The average molecular weight is 1800 g/mol. The minimum absolute atomic E-state index is 0.207. The maximum atomic E-state index is 5.39. The van der Waals surface area contributed by atoms with E-state index in [1.807, 2.05) is 78.9 Å². The summed E-state index contributed by atoms with van der Waals surface area (Å²) >= 11 is 1.74. The molecule has 0 saturated carbocycles. The number of hydrogen-bond donors (Lipinski definition) is 0. The van der Waals surface area contributed by atoms with Crippen molar-refractivity contribution in [3.8, 4) is 73.7 Å². The van der Waals surface area contributed by atoms with Crippen molar-refractivity contribution in [2.45, 2.75) is 19.3 Å². The molecule has 3 aliphatic rings. The zero-order valence-electron chi connectivity index (χ0n) is 75.8. The molecule has 0 bridgehead atoms. The van der Waals surface area contributed by atoms with E-state index in [9.17, 15) is 0 Å². The normalized spacial score (nSPS) is 12.8. The molecular weight excluding hydrogens is 1710 g/mol. The largest absolute Gasteiger partial charge is 0.309 e. The van der Waals surface area contributed by atoms with Crippen LogP contribution < -0.4 is 9.80 Å². The quantitative estimate of drug-likeness (QED) is 0.132. The van der Waals surface area contributed by atoms with Gasteiger partial charge in [0.2, 0.25) is 11.9 Å². The first-order chi connectivity index (χ1) is 68.7. The number of anilines is 6. The molecule has 7 aromatic heterocycles. The van der Waals surface area contributed by atoms with Crippen LogP contribution in [0.15, 0.2) is 437 Å². The first-order valence-electron chi connectivity index (χ1n) is 47.0. The number of para-hydroxylation sites is 8. The highest BCUT2D eigenvalue weighted by Crippen LogP contribution is 2.54. The third kappa shape index (κ3) is 14.0. The molecule has 2 aliphatic heterocycles. The van der Waals surface area contributed by atoms with Gasteiger partial charge in [-0.05, 0) is 141 Å². The van der Waals surface area contributed by atoms with Gasteiger partial charge in [-0.3, -0.25) is 18.9 Å². The van der Waals surface area contributed by atoms with Gasteiger partial charge < -0.3 is 4.57 Å². The smallest absolute Gasteiger partial charge is 0.235 e. The molecule has 9 heterocycles. The lowest BCUT2D eigenvalue weighted by atomic mass is 9.74. The van der Waals surface area contributed by atoms with E-state index in [-0.39, 0.29) is 5.41 Å². The number of aromatic nitrogens is 10. The van der Waals surface area contributed by atoms with E-state index in [2.05, 4.69) is 432 Å². The third-order valence-corrected chi connectivity index (χ3v) is 28.4. The Morgan fingerprint density at radius 1 is 0.245 bits per heavy atom. The van der Waals surface area contributed by atoms with Crippen LogP contribution in [-0.4, -0.2) is 48.6 Å². The van der Waals surface area contributed by atoms with Crippen LogP contribution in [0.2, 0.25) is 0 Å². The number of thiazole rings is 1. The van der Waals surface area contributed by atoms with Gasteiger partial charge in [0, 0.05) is 70.9 Å². The number of benzene rings is 18. The zero-order valence-corrected chi connectivity index (χ0v) is 76.6. The molecule has 0 saturated heterocycles. The van der Waals surface area contributed by atoms with Gasteiger partial charge in [-0.1, -0.05) is 407 Å². The number of fused-ring (bicyclic) bond motifs is 21. The van der Waals surface area contributed by atoms with Crippen LogP contribution in [0.25, 0.3) is 208 Å². The fourth-order valence-corrected chi connectivity index (χ4v) is 22.0. The molecule has 0 fully saturated rings. The minimum atomic E-state index is -0.207. The fraction of sp³-hybridized carbons (Fsp3) is 0.0238. The van der Waals surface area contributed by atoms with Crippen LogP contribution >= 0.6 is 11.3 Å². The van der Waals surface area contributed by atoms with Crippen molar-refractivity contribution in [1.82, 2.24) is 48.6 Å². The summed E-state index contributed by atoms with van der Waals surface area (Å²) in [6, 6.07) is 153. The van der Waals surface area contributed by atoms with Crippen molar-refractivity contribution in [2.75, 3.05) is 9.80 Å². The van der Waals surface area contributed by atoms with Gasteiger partial charge in [0.1, 0.15) is 5.69 Å². The molecule has 0 unspecified atom stereocenters. The topological polar surface area (TPSA) is 112 Å². The minimum Gasteiger partial charge on any atom is -0.309 e. The molecule has 139 heavy (non-hydrogen) atoms. The summed E-state index contributed by atoms with van der Waals surface area (Å²) in [5.41, 5.74) is 33.7. The van der Waals surface area contributed by atoms with Crippen molar-refractivity contribution in [3.05, 3.63) is 481 Å². The van der Waals surface area contributed by atoms with Crippen molar-refractivity contribution in [3.63, 3.8) is 0 Å². The first kappa shape index (κ1) is 81.6. The maximum absolute atomic E-state index is 5.39. The highest BCUT2D eigenvalue weighted by Gasteiger charge is 2.36. The average Bonchev–Trinajstić information content (AvgIpc) is 1.56. The molecule has 12 nitrogen and oxygen atoms in total. The van der Waals surface area contributed by atoms with Crippen LogP contribution in [-0.2, 0) is 5.41 Å². The highest BCUT2D eigenvalue weighted by molar-refractivity contribution is 7.22. The molecule has 0 spiro atoms. The second-order valence-corrected chi connectivity index (χ2v) is 36.8. The van der Waals surface area contributed by atoms with E-state index < -0.39 is 0 Å². The summed E-state index contributed by atoms with van der Waals surface area (Å²) in [5, 5.41) is 10.5. The van der Waals surface area contributed by atoms with Crippen LogP contribution in [0.3, 0.4) is 0 Å². The van der Waals surface area contributed by atoms with Gasteiger partial charge in [0.05, 0.1) is 106 Å². The van der Waals surface area contributed by atoms with Gasteiger partial charge in [-0.15, -0.1) is 0 Å². The van der Waals surface area contributed by atoms with E-state index in [1.165, 1.54) is 87.1 Å². The van der Waals surface area contributed by atoms with Gasteiger partial charge in [0.15, 0.2) is 10.9 Å². The van der Waals surface area contributed by atoms with E-state index in [0.717, 1.165) is 151 Å². The van der Waals surface area contributed by atoms with Crippen LogP contribution in [0.1, 0.15) is 58.4 Å². The predicted molar refractivity (Wildman–Crippen MR) is 579 cm³/mol. The molecule has 28 rings (SSSR count). The second kappa shape index (κ2) is 33.8. The Balaban J connectivity index is 0.000000110. The predicted octanol–water partition coefficient (Wildman–Crippen LogP) is 32.7. The highest BCUT2D eigenvalue weighted by atomic mass is 32.1. The monoisotopic (exact) mass is 1800 g/mol. The van der Waals surface area contributed by atoms with Gasteiger partial charge >= 0.3 is 0 Å². The summed E-state index contributed by atoms with van der Waals surface area (Å²) in [6.45, 7) is 4.71. The van der Waals surface area contributed by atoms with E-state index >= 15 is 0 Å². The summed E-state index contributed by atoms with van der Waals surface area (Å²) in [5.74, 6) is 2.02. The first-order valence-corrected chi connectivity index (χ1v) is 47.8. The van der Waals surface area contributed by atoms with E-state index in [4.69, 9.17) is 34.9 Å². The lowest BCUT2D eigenvalue weighted by Crippen LogP contribution is -2.21. The molecule has 18 aromatic carbocycles. The Labute approximate surface area is 806 Å². The number of rotatable bonds is 10. The van der Waals surface area contributed by atoms with Crippen molar-refractivity contribution < 1.29 is 0 Å². The molecule has 1 aliphatic carbocycles. The Morgan fingerprint density at radius 3 is 1.21 bits per heavy atom. The lowest BCUT2D eigenvalue weighted by Gasteiger charge is -2.29. The van der Waals surface area contributed by atoms with Crippen molar-refractivity contribution >= 4 is 179 Å². The van der Waals surface area contributed by atoms with Gasteiger partial charge in [-0.2, -0.15) is 0 Å². The van der Waals surface area contributed by atoms with Gasteiger partial charge in [0.25, 0.3) is 0 Å². The Morgan fingerprint density at radius 2 is 0.633 bits per heavy atom. The SMILES string of the molecule is C1=Cc2ccc3c(c2N(c2nc(-c4ccccc4)cc(-c4ccccc4)n2)c2ccccc21)c1ccccc1n3-c1nc(-c2ccccc2)cc(-c2ccccc2)n1.C1=Cc2ccc3c(c2N(c2nc4ccccc4s2)c2ccccc21)c1ccccc1n3-c1cccc2ccccc12.CC1(C)c2ccccc2C=Cc2ccc3c(c21)c1ccccc1n3-c1nc2ccccc2nc1-c1ccccc1. The molecule has 0 radical (unpaired) electrons. The molecule has 13 heteroatoms. The molecule has 25 aromatic rings. The lowest BCUT2D eigenvalue weighted by molar-refractivity contribution is 0.646. The van der Waals surface area contributed by atoms with Gasteiger partial charge in [-0.25, -0.2) is 34.9 Å². The zero-order chi connectivity index (χ0) is 92.2. The Bertz CT molecular complexity index is 9160. The van der Waals surface area contributed by atoms with Crippen LogP contribution in [0.5, 0.6) is 0 Å².